The van der Waals surface area contributed by atoms with Crippen LogP contribution in [0.5, 0.6) is 0 Å². The van der Waals surface area contributed by atoms with Gasteiger partial charge in [0.2, 0.25) is 0 Å². The van der Waals surface area contributed by atoms with Crippen molar-refractivity contribution >= 4 is 16.6 Å². The van der Waals surface area contributed by atoms with E-state index in [-0.39, 0.29) is 5.57 Å². The van der Waals surface area contributed by atoms with Crippen LogP contribution >= 0.6 is 0 Å². The molecule has 2 aromatic carbocycles. The lowest BCUT2D eigenvalue weighted by atomic mass is 10.0. The Kier molecular flexibility index (Phi) is 3.43. The normalized spacial score (nSPS) is 11.4. The Morgan fingerprint density at radius 2 is 1.61 bits per heavy atom. The average Bonchev–Trinajstić information content (AvgIpc) is 3.07. The van der Waals surface area contributed by atoms with Crippen molar-refractivity contribution in [3.63, 3.8) is 0 Å². The van der Waals surface area contributed by atoms with Crippen LogP contribution in [0.15, 0.2) is 66.6 Å². The smallest absolute Gasteiger partial charge is 0.139 e. The fraction of sp³-hybridized carbons (Fsp3) is 0. The van der Waals surface area contributed by atoms with Gasteiger partial charge in [-0.1, -0.05) is 30.3 Å². The van der Waals surface area contributed by atoms with Crippen LogP contribution in [0.4, 0.5) is 0 Å². The molecular formula is C22H10N6. The molecule has 0 bridgehead atoms. The third kappa shape index (κ3) is 2.26. The Labute approximate surface area is 160 Å². The monoisotopic (exact) mass is 358 g/mol. The minimum absolute atomic E-state index is 0.0380. The van der Waals surface area contributed by atoms with Gasteiger partial charge in [-0.3, -0.25) is 9.97 Å². The number of nitriles is 2. The number of rotatable bonds is 1. The summed E-state index contributed by atoms with van der Waals surface area (Å²) in [6.45, 7) is 0. The predicted octanol–water partition coefficient (Wildman–Crippen LogP) is 3.92. The van der Waals surface area contributed by atoms with Crippen LogP contribution in [0.2, 0.25) is 0 Å². The molecule has 0 unspecified atom stereocenters. The van der Waals surface area contributed by atoms with Gasteiger partial charge in [-0.2, -0.15) is 10.5 Å². The lowest BCUT2D eigenvalue weighted by Crippen LogP contribution is -1.95. The van der Waals surface area contributed by atoms with Crippen LogP contribution in [-0.4, -0.2) is 19.9 Å². The zero-order valence-electron chi connectivity index (χ0n) is 14.5. The highest BCUT2D eigenvalue weighted by Gasteiger charge is 2.29. The number of benzene rings is 2. The van der Waals surface area contributed by atoms with E-state index in [4.69, 9.17) is 9.97 Å². The van der Waals surface area contributed by atoms with Crippen LogP contribution in [0.1, 0.15) is 11.3 Å². The van der Waals surface area contributed by atoms with Gasteiger partial charge in [-0.05, 0) is 17.7 Å². The summed E-state index contributed by atoms with van der Waals surface area (Å²) in [5, 5.41) is 18.8. The highest BCUT2D eigenvalue weighted by Crippen LogP contribution is 2.44. The Morgan fingerprint density at radius 1 is 0.821 bits per heavy atom. The minimum Gasteiger partial charge on any atom is -0.261 e. The second kappa shape index (κ2) is 6.08. The molecule has 2 heterocycles. The van der Waals surface area contributed by atoms with Gasteiger partial charge in [-0.15, -0.1) is 0 Å². The number of hydrogen-bond donors (Lipinski definition) is 0. The Balaban J connectivity index is 1.80. The molecule has 28 heavy (non-hydrogen) atoms. The Hall–Kier alpha value is -4.42. The van der Waals surface area contributed by atoms with Crippen molar-refractivity contribution in [3.05, 3.63) is 77.9 Å². The van der Waals surface area contributed by atoms with Gasteiger partial charge in [0.25, 0.3) is 0 Å². The molecule has 6 heteroatoms. The maximum Gasteiger partial charge on any atom is 0.139 e. The molecule has 0 saturated carbocycles. The molecule has 0 N–H and O–H groups in total. The first-order valence-corrected chi connectivity index (χ1v) is 8.53. The molecule has 1 aliphatic carbocycles. The SMILES string of the molecule is N#CC(C#N)=C1c2ccccc2-c2nc3cc(-c4cnccn4)ccc3nc21. The molecule has 2 aromatic heterocycles. The van der Waals surface area contributed by atoms with Gasteiger partial charge < -0.3 is 0 Å². The van der Waals surface area contributed by atoms with E-state index in [0.717, 1.165) is 22.4 Å². The second-order valence-corrected chi connectivity index (χ2v) is 6.23. The van der Waals surface area contributed by atoms with E-state index in [2.05, 4.69) is 9.97 Å². The van der Waals surface area contributed by atoms with Crippen LogP contribution in [0, 0.1) is 22.7 Å². The molecule has 0 saturated heterocycles. The number of nitrogens with zero attached hydrogens (tertiary/aromatic N) is 6. The van der Waals surface area contributed by atoms with Crippen molar-refractivity contribution in [3.8, 4) is 34.7 Å². The number of aromatic nitrogens is 4. The molecule has 0 amide bonds. The van der Waals surface area contributed by atoms with E-state index in [1.54, 1.807) is 18.6 Å². The van der Waals surface area contributed by atoms with Crippen LogP contribution < -0.4 is 0 Å². The molecule has 6 nitrogen and oxygen atoms in total. The molecule has 0 aliphatic heterocycles. The largest absolute Gasteiger partial charge is 0.261 e. The summed E-state index contributed by atoms with van der Waals surface area (Å²) < 4.78 is 0. The summed E-state index contributed by atoms with van der Waals surface area (Å²) in [4.78, 5) is 18.0. The predicted molar refractivity (Wildman–Crippen MR) is 103 cm³/mol. The summed E-state index contributed by atoms with van der Waals surface area (Å²) in [6, 6.07) is 17.3. The summed E-state index contributed by atoms with van der Waals surface area (Å²) in [5.74, 6) is 0. The molecule has 0 atom stereocenters. The Morgan fingerprint density at radius 3 is 2.36 bits per heavy atom. The fourth-order valence-electron chi connectivity index (χ4n) is 3.45. The molecule has 0 radical (unpaired) electrons. The maximum absolute atomic E-state index is 9.42. The molecule has 0 spiro atoms. The van der Waals surface area contributed by atoms with Crippen LogP contribution in [-0.2, 0) is 0 Å². The van der Waals surface area contributed by atoms with Crippen LogP contribution in [0.25, 0.3) is 39.1 Å². The quantitative estimate of drug-likeness (QED) is 0.421. The van der Waals surface area contributed by atoms with E-state index in [1.807, 2.05) is 54.6 Å². The van der Waals surface area contributed by atoms with Crippen molar-refractivity contribution in [2.24, 2.45) is 0 Å². The van der Waals surface area contributed by atoms with E-state index in [9.17, 15) is 10.5 Å². The average molecular weight is 358 g/mol. The van der Waals surface area contributed by atoms with E-state index in [0.29, 0.717) is 28.0 Å². The molecule has 128 valence electrons. The zero-order chi connectivity index (χ0) is 19.1. The highest BCUT2D eigenvalue weighted by atomic mass is 14.8. The number of fused-ring (bicyclic) bond motifs is 4. The lowest BCUT2D eigenvalue weighted by molar-refractivity contribution is 1.20. The van der Waals surface area contributed by atoms with Crippen LogP contribution in [0.3, 0.4) is 0 Å². The van der Waals surface area contributed by atoms with Gasteiger partial charge in [0, 0.05) is 29.1 Å². The molecule has 5 rings (SSSR count). The summed E-state index contributed by atoms with van der Waals surface area (Å²) in [6.07, 6.45) is 4.97. The first kappa shape index (κ1) is 15.8. The minimum atomic E-state index is 0.0380. The zero-order valence-corrected chi connectivity index (χ0v) is 14.5. The molecule has 1 aliphatic rings. The maximum atomic E-state index is 9.42. The van der Waals surface area contributed by atoms with Crippen molar-refractivity contribution in [1.29, 1.82) is 10.5 Å². The molecule has 0 fully saturated rings. The van der Waals surface area contributed by atoms with Gasteiger partial charge in [0.15, 0.2) is 0 Å². The van der Waals surface area contributed by atoms with Crippen molar-refractivity contribution in [2.75, 3.05) is 0 Å². The molecule has 4 aromatic rings. The second-order valence-electron chi connectivity index (χ2n) is 6.23. The third-order valence-corrected chi connectivity index (χ3v) is 4.69. The standard InChI is InChI=1S/C22H10N6/c23-10-14(11-24)20-15-3-1-2-4-16(15)21-22(20)27-17-6-5-13(9-18(17)28-21)19-12-25-7-8-26-19/h1-9,12H. The van der Waals surface area contributed by atoms with Crippen molar-refractivity contribution in [2.45, 2.75) is 0 Å². The van der Waals surface area contributed by atoms with Crippen molar-refractivity contribution in [1.82, 2.24) is 19.9 Å². The van der Waals surface area contributed by atoms with Crippen molar-refractivity contribution < 1.29 is 0 Å². The van der Waals surface area contributed by atoms with E-state index in [1.165, 1.54) is 0 Å². The summed E-state index contributed by atoms with van der Waals surface area (Å²) >= 11 is 0. The van der Waals surface area contributed by atoms with Gasteiger partial charge in [0.05, 0.1) is 34.3 Å². The van der Waals surface area contributed by atoms with Gasteiger partial charge >= 0.3 is 0 Å². The molecular weight excluding hydrogens is 348 g/mol. The van der Waals surface area contributed by atoms with E-state index < -0.39 is 0 Å². The highest BCUT2D eigenvalue weighted by molar-refractivity contribution is 6.03. The first-order chi connectivity index (χ1) is 13.8. The number of hydrogen-bond acceptors (Lipinski definition) is 6. The summed E-state index contributed by atoms with van der Waals surface area (Å²) in [7, 11) is 0. The lowest BCUT2D eigenvalue weighted by Gasteiger charge is -2.06. The fourth-order valence-corrected chi connectivity index (χ4v) is 3.45. The first-order valence-electron chi connectivity index (χ1n) is 8.53. The summed E-state index contributed by atoms with van der Waals surface area (Å²) in [5.41, 5.74) is 6.56. The van der Waals surface area contributed by atoms with Gasteiger partial charge in [0.1, 0.15) is 17.7 Å². The van der Waals surface area contributed by atoms with E-state index >= 15 is 0 Å². The topological polar surface area (TPSA) is 99.1 Å². The Bertz CT molecular complexity index is 1360. The number of allylic oxidation sites excluding steroid dienone is 1. The van der Waals surface area contributed by atoms with Gasteiger partial charge in [-0.25, -0.2) is 9.97 Å². The third-order valence-electron chi connectivity index (χ3n) is 4.69.